The Morgan fingerprint density at radius 2 is 0.891 bits per heavy atom. The number of fused-ring (bicyclic) bond motifs is 11. The first-order valence-corrected chi connectivity index (χ1v) is 41.0. The zero-order valence-corrected chi connectivity index (χ0v) is 65.6. The molecule has 2 aromatic heterocycles. The molecule has 5 heterocycles. The summed E-state index contributed by atoms with van der Waals surface area (Å²) in [5, 5.41) is 31.2. The molecule has 2 spiro atoms. The minimum absolute atomic E-state index is 0.0516. The molecule has 1 atom stereocenters. The summed E-state index contributed by atoms with van der Waals surface area (Å²) in [4.78, 5) is 191. The van der Waals surface area contributed by atoms with Crippen LogP contribution < -0.4 is 53.2 Å². The Morgan fingerprint density at radius 3 is 1.35 bits per heavy atom. The minimum Gasteiger partial charge on any atom is -0.462 e. The van der Waals surface area contributed by atoms with Gasteiger partial charge in [-0.15, -0.1) is 0 Å². The van der Waals surface area contributed by atoms with Crippen molar-refractivity contribution < 1.29 is 76.5 Å². The number of hydrogen-bond donors (Lipinski definition) is 10. The molecule has 0 aromatic carbocycles. The van der Waals surface area contributed by atoms with Gasteiger partial charge in [-0.1, -0.05) is 129 Å². The Bertz CT molecular complexity index is 3590. The van der Waals surface area contributed by atoms with Gasteiger partial charge in [-0.2, -0.15) is 0 Å². The Balaban J connectivity index is 0.882. The summed E-state index contributed by atoms with van der Waals surface area (Å²) in [5.41, 5.74) is -11.9. The number of ether oxygens (including phenoxy) is 4. The number of piperidine rings is 1. The molecular weight excluding hydrogens is 1410 g/mol. The van der Waals surface area contributed by atoms with Crippen molar-refractivity contribution >= 4 is 70.9 Å². The molecule has 3 aliphatic heterocycles. The van der Waals surface area contributed by atoms with E-state index >= 15 is 33.6 Å². The molecule has 7 fully saturated rings. The van der Waals surface area contributed by atoms with E-state index in [1.165, 1.54) is 26.2 Å². The lowest BCUT2D eigenvalue weighted by molar-refractivity contribution is -0.154. The molecule has 29 heteroatoms. The Morgan fingerprint density at radius 1 is 0.482 bits per heavy atom. The maximum absolute atomic E-state index is 16.1. The summed E-state index contributed by atoms with van der Waals surface area (Å²) in [5.74, 6) is -7.11. The highest BCUT2D eigenvalue weighted by atomic mass is 16.6. The molecule has 110 heavy (non-hydrogen) atoms. The van der Waals surface area contributed by atoms with Crippen molar-refractivity contribution in [1.82, 2.24) is 68.0 Å². The normalized spacial score (nSPS) is 22.3. The smallest absolute Gasteiger partial charge is 0.331 e. The predicted molar refractivity (Wildman–Crippen MR) is 407 cm³/mol. The molecule has 9 aliphatic rings. The van der Waals surface area contributed by atoms with E-state index in [9.17, 15) is 24.0 Å². The van der Waals surface area contributed by atoms with Gasteiger partial charge in [-0.3, -0.25) is 62.7 Å². The third-order valence-electron chi connectivity index (χ3n) is 24.6. The number of carbonyl (C=O) groups excluding carboxylic acids is 12. The van der Waals surface area contributed by atoms with Gasteiger partial charge in [0, 0.05) is 45.6 Å². The average molecular weight is 1530 g/mol. The van der Waals surface area contributed by atoms with E-state index < -0.39 is 121 Å². The van der Waals surface area contributed by atoms with E-state index in [-0.39, 0.29) is 164 Å². The fourth-order valence-electron chi connectivity index (χ4n) is 17.7. The zero-order valence-electron chi connectivity index (χ0n) is 65.6. The molecule has 2 aromatic rings. The van der Waals surface area contributed by atoms with Crippen LogP contribution in [-0.2, 0) is 66.9 Å². The van der Waals surface area contributed by atoms with Crippen LogP contribution in [0.3, 0.4) is 0 Å². The van der Waals surface area contributed by atoms with Crippen molar-refractivity contribution in [1.29, 1.82) is 0 Å². The fourth-order valence-corrected chi connectivity index (χ4v) is 17.7. The monoisotopic (exact) mass is 1530 g/mol. The summed E-state index contributed by atoms with van der Waals surface area (Å²) in [6.07, 6.45) is 18.2. The van der Waals surface area contributed by atoms with Crippen LogP contribution in [0, 0.1) is 5.92 Å². The summed E-state index contributed by atoms with van der Waals surface area (Å²) >= 11 is 0. The van der Waals surface area contributed by atoms with E-state index in [4.69, 9.17) is 18.9 Å². The molecule has 606 valence electrons. The van der Waals surface area contributed by atoms with Crippen LogP contribution >= 0.6 is 0 Å². The fraction of sp³-hybridized carbons (Fsp3) is 0.728. The third kappa shape index (κ3) is 20.0. The highest BCUT2D eigenvalue weighted by Crippen LogP contribution is 2.41. The van der Waals surface area contributed by atoms with Crippen LogP contribution in [0.5, 0.6) is 0 Å². The predicted octanol–water partition coefficient (Wildman–Crippen LogP) is 6.32. The summed E-state index contributed by atoms with van der Waals surface area (Å²) in [6.45, 7) is 8.39. The van der Waals surface area contributed by atoms with E-state index in [0.717, 1.165) is 38.5 Å². The van der Waals surface area contributed by atoms with Gasteiger partial charge in [-0.05, 0) is 147 Å². The quantitative estimate of drug-likeness (QED) is 0.0429. The second-order valence-corrected chi connectivity index (χ2v) is 33.2. The van der Waals surface area contributed by atoms with E-state index in [1.54, 1.807) is 50.1 Å². The number of pyridine rings is 2. The van der Waals surface area contributed by atoms with Crippen LogP contribution in [0.15, 0.2) is 36.7 Å². The lowest BCUT2D eigenvalue weighted by atomic mass is 9.74. The maximum atomic E-state index is 16.1. The van der Waals surface area contributed by atoms with Gasteiger partial charge in [0.2, 0.25) is 53.2 Å². The van der Waals surface area contributed by atoms with Crippen molar-refractivity contribution in [3.8, 4) is 11.4 Å². The SMILES string of the molecule is COCCOCCOCCOC(=O)C(C)(C)NC(=O)[C@@H](NC(=O)C1(NC(=O)C2(NC(=O)C3(NC(=O)C4(NC(=O)C56CCN(CC5)C(=O)CCCCNC(=O)c5cccnc5-c5ncccc5C(=O)NC5(CCCCC5)C(=O)NC5(CCCCC5)C(=O)N6)CCCCC4)CCCCC3)CCCCC2)CCCCC1)C(C)C. The number of methoxy groups -OCH3 is 1. The molecule has 0 unspecified atom stereocenters. The molecular formula is C81H121N13O16. The van der Waals surface area contributed by atoms with Crippen LogP contribution in [0.4, 0.5) is 0 Å². The Labute approximate surface area is 646 Å². The van der Waals surface area contributed by atoms with Gasteiger partial charge in [0.15, 0.2) is 0 Å². The first kappa shape index (κ1) is 84.3. The summed E-state index contributed by atoms with van der Waals surface area (Å²) < 4.78 is 21.4. The molecule has 1 saturated heterocycles. The van der Waals surface area contributed by atoms with Crippen molar-refractivity contribution in [3.05, 3.63) is 47.8 Å². The maximum Gasteiger partial charge on any atom is 0.331 e. The number of rotatable bonds is 23. The van der Waals surface area contributed by atoms with Crippen LogP contribution in [0.25, 0.3) is 11.4 Å². The van der Waals surface area contributed by atoms with Gasteiger partial charge in [0.05, 0.1) is 44.2 Å². The highest BCUT2D eigenvalue weighted by molar-refractivity contribution is 6.08. The van der Waals surface area contributed by atoms with Gasteiger partial charge < -0.3 is 77.0 Å². The number of amides is 11. The number of nitrogens with one attached hydrogen (secondary N) is 10. The lowest BCUT2D eigenvalue weighted by Crippen LogP contribution is -2.74. The largest absolute Gasteiger partial charge is 0.462 e. The first-order chi connectivity index (χ1) is 52.8. The standard InChI is InChI=1S/C81H121N13O16/c1-56(2)60(65(98)86-74(3,4)73(106)110-55-54-109-53-52-108-51-50-107-5)85-66(99)75(31-13-6-14-32-75)88-68(101)77(35-17-8-18-36-77)90-69(102)78(37-19-9-20-38-78)91-70(103)79(39-21-10-22-40-79)92-72(105)81-43-48-94(49-44-81)59(95)30-12-25-45-84-63(96)57-28-26-46-82-61(57)62-58(29-27-47-83-62)64(97)87-76(33-15-7-16-34-76)67(100)89-80(71(104)93-81)41-23-11-24-42-80/h26-29,46-47,56,60H,6-25,30-45,48-55H2,1-5H3,(H,84,96)(H,85,99)(H,86,98)(H,87,97)(H,88,101)(H,89,100)(H,90,102)(H,91,103)(H,92,105)(H,93,104)/t60-/m0/s1. The lowest BCUT2D eigenvalue weighted by Gasteiger charge is -2.48. The van der Waals surface area contributed by atoms with Crippen LogP contribution in [-0.4, -0.2) is 203 Å². The van der Waals surface area contributed by atoms with E-state index in [0.29, 0.717) is 110 Å². The number of nitrogens with zero attached hydrogens (tertiary/aromatic N) is 3. The van der Waals surface area contributed by atoms with Gasteiger partial charge >= 0.3 is 5.97 Å². The zero-order chi connectivity index (χ0) is 78.6. The Hall–Kier alpha value is -8.18. The Kier molecular flexibility index (Phi) is 29.0. The van der Waals surface area contributed by atoms with E-state index in [2.05, 4.69) is 63.1 Å². The molecule has 29 nitrogen and oxygen atoms in total. The van der Waals surface area contributed by atoms with Gasteiger partial charge in [0.25, 0.3) is 11.8 Å². The highest BCUT2D eigenvalue weighted by Gasteiger charge is 2.57. The second kappa shape index (κ2) is 37.9. The van der Waals surface area contributed by atoms with Crippen LogP contribution in [0.1, 0.15) is 273 Å². The average Bonchev–Trinajstić information content (AvgIpc) is 0.769. The van der Waals surface area contributed by atoms with Crippen molar-refractivity contribution in [2.45, 2.75) is 303 Å². The molecule has 2 bridgehead atoms. The minimum atomic E-state index is -1.73. The summed E-state index contributed by atoms with van der Waals surface area (Å²) in [6, 6.07) is 5.24. The molecule has 11 rings (SSSR count). The molecule has 6 saturated carbocycles. The van der Waals surface area contributed by atoms with Crippen molar-refractivity contribution in [2.24, 2.45) is 5.92 Å². The van der Waals surface area contributed by atoms with E-state index in [1.807, 2.05) is 0 Å². The second-order valence-electron chi connectivity index (χ2n) is 33.2. The number of esters is 1. The number of hydrogen-bond acceptors (Lipinski definition) is 18. The molecule has 10 N–H and O–H groups in total. The molecule has 6 aliphatic carbocycles. The number of aromatic nitrogens is 2. The molecule has 0 radical (unpaired) electrons. The topological polar surface area (TPSA) is 391 Å². The van der Waals surface area contributed by atoms with Crippen LogP contribution in [0.2, 0.25) is 0 Å². The summed E-state index contributed by atoms with van der Waals surface area (Å²) in [7, 11) is 1.58. The van der Waals surface area contributed by atoms with Crippen molar-refractivity contribution in [3.63, 3.8) is 0 Å². The molecule has 11 amide bonds. The van der Waals surface area contributed by atoms with Gasteiger partial charge in [0.1, 0.15) is 68.3 Å². The van der Waals surface area contributed by atoms with Gasteiger partial charge in [-0.25, -0.2) is 4.79 Å². The first-order valence-electron chi connectivity index (χ1n) is 41.0. The number of carbonyl (C=O) groups is 12. The third-order valence-corrected chi connectivity index (χ3v) is 24.6. The van der Waals surface area contributed by atoms with Crippen molar-refractivity contribution in [2.75, 3.05) is 66.4 Å².